The lowest BCUT2D eigenvalue weighted by Gasteiger charge is -2.16. The molecule has 5 nitrogen and oxygen atoms in total. The quantitative estimate of drug-likeness (QED) is 0.597. The van der Waals surface area contributed by atoms with Gasteiger partial charge in [-0.25, -0.2) is 9.37 Å². The van der Waals surface area contributed by atoms with Crippen molar-refractivity contribution in [3.8, 4) is 11.6 Å². The summed E-state index contributed by atoms with van der Waals surface area (Å²) in [5, 5.41) is 0. The van der Waals surface area contributed by atoms with Crippen molar-refractivity contribution in [2.45, 2.75) is 26.4 Å². The van der Waals surface area contributed by atoms with Gasteiger partial charge in [-0.1, -0.05) is 0 Å². The van der Waals surface area contributed by atoms with Crippen molar-refractivity contribution < 1.29 is 36.6 Å². The number of rotatable bonds is 6. The predicted octanol–water partition coefficient (Wildman–Crippen LogP) is 2.56. The van der Waals surface area contributed by atoms with E-state index in [9.17, 15) is 22.4 Å². The highest BCUT2D eigenvalue weighted by Gasteiger charge is 2.33. The summed E-state index contributed by atoms with van der Waals surface area (Å²) in [6.07, 6.45) is -5.54. The zero-order valence-corrected chi connectivity index (χ0v) is 11.3. The number of carbonyl (C=O) groups is 1. The average Bonchev–Trinajstić information content (AvgIpc) is 2.39. The van der Waals surface area contributed by atoms with E-state index in [1.165, 1.54) is 0 Å². The Morgan fingerprint density at radius 2 is 2.05 bits per heavy atom. The van der Waals surface area contributed by atoms with Crippen molar-refractivity contribution >= 4 is 5.97 Å². The molecule has 0 radical (unpaired) electrons. The number of hydrogen-bond acceptors (Lipinski definition) is 5. The van der Waals surface area contributed by atoms with Crippen LogP contribution < -0.4 is 9.47 Å². The monoisotopic (exact) mass is 311 g/mol. The fraction of sp³-hybridized carbons (Fsp3) is 0.500. The lowest BCUT2D eigenvalue weighted by atomic mass is 10.1. The maximum atomic E-state index is 12.6. The minimum atomic E-state index is -5.00. The third-order valence-electron chi connectivity index (χ3n) is 2.28. The van der Waals surface area contributed by atoms with Gasteiger partial charge >= 0.3 is 12.3 Å². The Bertz CT molecular complexity index is 505. The fourth-order valence-electron chi connectivity index (χ4n) is 1.55. The summed E-state index contributed by atoms with van der Waals surface area (Å²) < 4.78 is 63.0. The molecule has 0 saturated carbocycles. The van der Waals surface area contributed by atoms with Gasteiger partial charge in [-0.05, 0) is 6.92 Å². The Labute approximate surface area is 117 Å². The molecule has 0 aliphatic carbocycles. The van der Waals surface area contributed by atoms with Gasteiger partial charge in [0, 0.05) is 6.07 Å². The Hall–Kier alpha value is -2.06. The molecule has 0 fully saturated rings. The molecule has 0 N–H and O–H groups in total. The van der Waals surface area contributed by atoms with E-state index in [1.807, 2.05) is 0 Å². The summed E-state index contributed by atoms with van der Waals surface area (Å²) in [6.45, 7) is 0.504. The topological polar surface area (TPSA) is 57.7 Å². The molecule has 0 aliphatic heterocycles. The van der Waals surface area contributed by atoms with Gasteiger partial charge < -0.3 is 14.2 Å². The summed E-state index contributed by atoms with van der Waals surface area (Å²) >= 11 is 0. The van der Waals surface area contributed by atoms with Crippen LogP contribution in [0.5, 0.6) is 11.6 Å². The standard InChI is InChI=1S/C12H13F4NO4/c1-3-20-10(18)5-8-9(21-12(14,15)16)4-7(6-13)17-11(8)19-2/h4H,3,5-6H2,1-2H3. The number of halogens is 4. The second-order valence-electron chi connectivity index (χ2n) is 3.76. The van der Waals surface area contributed by atoms with E-state index in [4.69, 9.17) is 4.74 Å². The van der Waals surface area contributed by atoms with Gasteiger partial charge in [-0.3, -0.25) is 4.79 Å². The maximum Gasteiger partial charge on any atom is 0.573 e. The molecule has 0 unspecified atom stereocenters. The number of hydrogen-bond donors (Lipinski definition) is 0. The van der Waals surface area contributed by atoms with Crippen molar-refractivity contribution in [1.29, 1.82) is 0 Å². The highest BCUT2D eigenvalue weighted by atomic mass is 19.4. The molecular formula is C12H13F4NO4. The van der Waals surface area contributed by atoms with Gasteiger partial charge in [0.25, 0.3) is 0 Å². The molecule has 118 valence electrons. The third-order valence-corrected chi connectivity index (χ3v) is 2.28. The number of carbonyl (C=O) groups excluding carboxylic acids is 1. The van der Waals surface area contributed by atoms with Crippen LogP contribution in [0.3, 0.4) is 0 Å². The van der Waals surface area contributed by atoms with Crippen molar-refractivity contribution in [2.24, 2.45) is 0 Å². The molecule has 0 spiro atoms. The number of ether oxygens (including phenoxy) is 3. The van der Waals surface area contributed by atoms with Crippen molar-refractivity contribution in [1.82, 2.24) is 4.98 Å². The van der Waals surface area contributed by atoms with Crippen LogP contribution >= 0.6 is 0 Å². The number of nitrogens with zero attached hydrogens (tertiary/aromatic N) is 1. The molecule has 0 atom stereocenters. The molecule has 0 saturated heterocycles. The van der Waals surface area contributed by atoms with Crippen LogP contribution in [0.2, 0.25) is 0 Å². The largest absolute Gasteiger partial charge is 0.573 e. The van der Waals surface area contributed by atoms with Crippen LogP contribution in [0.25, 0.3) is 0 Å². The minimum absolute atomic E-state index is 0.0621. The average molecular weight is 311 g/mol. The van der Waals surface area contributed by atoms with E-state index >= 15 is 0 Å². The Kier molecular flexibility index (Phi) is 5.74. The minimum Gasteiger partial charge on any atom is -0.481 e. The molecule has 1 rings (SSSR count). The molecule has 0 bridgehead atoms. The Morgan fingerprint density at radius 3 is 2.52 bits per heavy atom. The first-order valence-corrected chi connectivity index (χ1v) is 5.84. The maximum absolute atomic E-state index is 12.6. The van der Waals surface area contributed by atoms with E-state index in [-0.39, 0.29) is 23.7 Å². The lowest BCUT2D eigenvalue weighted by Crippen LogP contribution is -2.20. The molecule has 0 aromatic carbocycles. The SMILES string of the molecule is CCOC(=O)Cc1c(OC(F)(F)F)cc(CF)nc1OC. The molecule has 1 heterocycles. The van der Waals surface area contributed by atoms with E-state index < -0.39 is 31.2 Å². The van der Waals surface area contributed by atoms with Crippen LogP contribution in [0.4, 0.5) is 17.6 Å². The summed E-state index contributed by atoms with van der Waals surface area (Å²) in [4.78, 5) is 15.1. The molecule has 9 heteroatoms. The first-order valence-electron chi connectivity index (χ1n) is 5.84. The van der Waals surface area contributed by atoms with E-state index in [1.54, 1.807) is 6.92 Å². The van der Waals surface area contributed by atoms with Gasteiger partial charge in [0.1, 0.15) is 12.4 Å². The summed E-state index contributed by atoms with van der Waals surface area (Å²) in [5.41, 5.74) is -0.566. The first-order chi connectivity index (χ1) is 9.80. The second kappa shape index (κ2) is 7.09. The predicted molar refractivity (Wildman–Crippen MR) is 62.6 cm³/mol. The molecule has 21 heavy (non-hydrogen) atoms. The number of alkyl halides is 4. The fourth-order valence-corrected chi connectivity index (χ4v) is 1.55. The van der Waals surface area contributed by atoms with E-state index in [0.717, 1.165) is 13.2 Å². The number of aromatic nitrogens is 1. The second-order valence-corrected chi connectivity index (χ2v) is 3.76. The Balaban J connectivity index is 3.24. The van der Waals surface area contributed by atoms with E-state index in [0.29, 0.717) is 0 Å². The zero-order chi connectivity index (χ0) is 16.0. The molecule has 0 amide bonds. The van der Waals surface area contributed by atoms with Gasteiger partial charge in [0.2, 0.25) is 5.88 Å². The third kappa shape index (κ3) is 5.09. The highest BCUT2D eigenvalue weighted by Crippen LogP contribution is 2.33. The zero-order valence-electron chi connectivity index (χ0n) is 11.3. The van der Waals surface area contributed by atoms with Gasteiger partial charge in [-0.2, -0.15) is 0 Å². The van der Waals surface area contributed by atoms with Crippen molar-refractivity contribution in [3.05, 3.63) is 17.3 Å². The molecule has 1 aromatic rings. The van der Waals surface area contributed by atoms with Crippen LogP contribution in [0.15, 0.2) is 6.07 Å². The smallest absolute Gasteiger partial charge is 0.481 e. The van der Waals surface area contributed by atoms with E-state index in [2.05, 4.69) is 14.5 Å². The van der Waals surface area contributed by atoms with Gasteiger partial charge in [0.05, 0.1) is 31.4 Å². The summed E-state index contributed by atoms with van der Waals surface area (Å²) in [7, 11) is 1.14. The molecule has 0 aliphatic rings. The number of pyridine rings is 1. The van der Waals surface area contributed by atoms with Crippen LogP contribution in [-0.4, -0.2) is 31.0 Å². The van der Waals surface area contributed by atoms with Crippen LogP contribution in [-0.2, 0) is 22.6 Å². The van der Waals surface area contributed by atoms with Gasteiger partial charge in [0.15, 0.2) is 0 Å². The molecular weight excluding hydrogens is 298 g/mol. The highest BCUT2D eigenvalue weighted by molar-refractivity contribution is 5.74. The first kappa shape index (κ1) is 17.0. The van der Waals surface area contributed by atoms with Crippen molar-refractivity contribution in [2.75, 3.05) is 13.7 Å². The number of esters is 1. The molecule has 1 aromatic heterocycles. The normalized spacial score (nSPS) is 11.1. The summed E-state index contributed by atoms with van der Waals surface area (Å²) in [6, 6.07) is 0.768. The Morgan fingerprint density at radius 1 is 1.38 bits per heavy atom. The van der Waals surface area contributed by atoms with Crippen LogP contribution in [0, 0.1) is 0 Å². The number of methoxy groups -OCH3 is 1. The summed E-state index contributed by atoms with van der Waals surface area (Å²) in [5.74, 6) is -1.84. The van der Waals surface area contributed by atoms with Crippen LogP contribution in [0.1, 0.15) is 18.2 Å². The lowest BCUT2D eigenvalue weighted by molar-refractivity contribution is -0.275. The van der Waals surface area contributed by atoms with Gasteiger partial charge in [-0.15, -0.1) is 13.2 Å². The van der Waals surface area contributed by atoms with Crippen molar-refractivity contribution in [3.63, 3.8) is 0 Å².